The van der Waals surface area contributed by atoms with Gasteiger partial charge in [0.2, 0.25) is 0 Å². The fraction of sp³-hybridized carbons (Fsp3) is 0.0870. The van der Waals surface area contributed by atoms with Crippen LogP contribution in [0.5, 0.6) is 0 Å². The molecule has 0 radical (unpaired) electrons. The zero-order valence-electron chi connectivity index (χ0n) is 16.9. The minimum Gasteiger partial charge on any atom is -0.321 e. The Morgan fingerprint density at radius 2 is 1.77 bits per heavy atom. The van der Waals surface area contributed by atoms with Crippen molar-refractivity contribution in [2.75, 3.05) is 5.32 Å². The molecule has 0 spiro atoms. The summed E-state index contributed by atoms with van der Waals surface area (Å²) in [6, 6.07) is 14.9. The molecule has 0 aliphatic heterocycles. The topological polar surface area (TPSA) is 91.7 Å². The number of nitrogens with zero attached hydrogens (tertiary/aromatic N) is 3. The largest absolute Gasteiger partial charge is 0.321 e. The fourth-order valence-corrected chi connectivity index (χ4v) is 3.10. The average Bonchev–Trinajstić information content (AvgIpc) is 2.79. The van der Waals surface area contributed by atoms with Gasteiger partial charge in [0.1, 0.15) is 0 Å². The van der Waals surface area contributed by atoms with Gasteiger partial charge in [-0.3, -0.25) is 19.4 Å². The number of aromatic nitrogens is 1. The quantitative estimate of drug-likeness (QED) is 0.327. The van der Waals surface area contributed by atoms with Crippen LogP contribution in [-0.4, -0.2) is 33.9 Å². The SMILES string of the molecule is CC=NN(C(=O)c1ccc(C)cc1)C(=O)c1cc(Br)ccc1NC(=O)c1cccnc1. The highest BCUT2D eigenvalue weighted by Crippen LogP contribution is 2.24. The smallest absolute Gasteiger partial charge is 0.283 e. The van der Waals surface area contributed by atoms with Gasteiger partial charge in [-0.05, 0) is 56.3 Å². The minimum atomic E-state index is -0.675. The summed E-state index contributed by atoms with van der Waals surface area (Å²) >= 11 is 3.34. The van der Waals surface area contributed by atoms with Crippen LogP contribution >= 0.6 is 15.9 Å². The lowest BCUT2D eigenvalue weighted by molar-refractivity contribution is 0.0622. The van der Waals surface area contributed by atoms with E-state index in [0.29, 0.717) is 15.6 Å². The van der Waals surface area contributed by atoms with Crippen LogP contribution < -0.4 is 5.32 Å². The lowest BCUT2D eigenvalue weighted by Crippen LogP contribution is -2.33. The van der Waals surface area contributed by atoms with Crippen LogP contribution in [0.25, 0.3) is 0 Å². The van der Waals surface area contributed by atoms with Gasteiger partial charge in [-0.1, -0.05) is 33.6 Å². The van der Waals surface area contributed by atoms with Crippen LogP contribution in [0, 0.1) is 6.92 Å². The number of hydrogen-bond donors (Lipinski definition) is 1. The van der Waals surface area contributed by atoms with Crippen molar-refractivity contribution in [3.8, 4) is 0 Å². The van der Waals surface area contributed by atoms with E-state index in [1.165, 1.54) is 18.5 Å². The molecule has 1 heterocycles. The molecule has 3 amide bonds. The van der Waals surface area contributed by atoms with Crippen molar-refractivity contribution in [2.45, 2.75) is 13.8 Å². The summed E-state index contributed by atoms with van der Waals surface area (Å²) in [5.41, 5.74) is 2.00. The molecular formula is C23H19BrN4O3. The van der Waals surface area contributed by atoms with E-state index >= 15 is 0 Å². The average molecular weight is 479 g/mol. The lowest BCUT2D eigenvalue weighted by Gasteiger charge is -2.18. The Kier molecular flexibility index (Phi) is 7.04. The highest BCUT2D eigenvalue weighted by Gasteiger charge is 2.26. The zero-order chi connectivity index (χ0) is 22.4. The molecule has 156 valence electrons. The van der Waals surface area contributed by atoms with Gasteiger partial charge >= 0.3 is 0 Å². The number of amides is 3. The molecule has 1 N–H and O–H groups in total. The molecule has 1 aromatic heterocycles. The second-order valence-electron chi connectivity index (χ2n) is 6.55. The van der Waals surface area contributed by atoms with E-state index in [1.54, 1.807) is 61.7 Å². The first-order valence-electron chi connectivity index (χ1n) is 9.35. The molecule has 8 heteroatoms. The Labute approximate surface area is 187 Å². The Balaban J connectivity index is 1.96. The number of imide groups is 1. The normalized spacial score (nSPS) is 10.7. The molecule has 0 unspecified atom stereocenters. The molecule has 0 aliphatic rings. The summed E-state index contributed by atoms with van der Waals surface area (Å²) in [6.45, 7) is 3.51. The number of anilines is 1. The van der Waals surface area contributed by atoms with Gasteiger partial charge in [0.15, 0.2) is 0 Å². The number of benzene rings is 2. The van der Waals surface area contributed by atoms with E-state index in [4.69, 9.17) is 0 Å². The third kappa shape index (κ3) is 5.29. The lowest BCUT2D eigenvalue weighted by atomic mass is 10.1. The van der Waals surface area contributed by atoms with Crippen molar-refractivity contribution in [1.82, 2.24) is 9.99 Å². The number of halogens is 1. The Morgan fingerprint density at radius 1 is 1.03 bits per heavy atom. The predicted octanol–water partition coefficient (Wildman–Crippen LogP) is 4.69. The number of pyridine rings is 1. The highest BCUT2D eigenvalue weighted by molar-refractivity contribution is 9.10. The van der Waals surface area contributed by atoms with Crippen LogP contribution in [-0.2, 0) is 0 Å². The number of carbonyl (C=O) groups excluding carboxylic acids is 3. The van der Waals surface area contributed by atoms with E-state index in [9.17, 15) is 14.4 Å². The second-order valence-corrected chi connectivity index (χ2v) is 7.46. The van der Waals surface area contributed by atoms with Crippen molar-refractivity contribution >= 4 is 45.6 Å². The van der Waals surface area contributed by atoms with Gasteiger partial charge in [0.25, 0.3) is 17.7 Å². The molecular weight excluding hydrogens is 460 g/mol. The van der Waals surface area contributed by atoms with Crippen molar-refractivity contribution in [3.63, 3.8) is 0 Å². The molecule has 0 fully saturated rings. The third-order valence-electron chi connectivity index (χ3n) is 4.30. The number of rotatable bonds is 5. The van der Waals surface area contributed by atoms with Crippen molar-refractivity contribution in [3.05, 3.63) is 93.7 Å². The summed E-state index contributed by atoms with van der Waals surface area (Å²) in [4.78, 5) is 42.8. The molecule has 7 nitrogen and oxygen atoms in total. The van der Waals surface area contributed by atoms with Gasteiger partial charge in [0.05, 0.1) is 16.8 Å². The first-order chi connectivity index (χ1) is 14.9. The number of aryl methyl sites for hydroxylation is 1. The van der Waals surface area contributed by atoms with Crippen LogP contribution in [0.3, 0.4) is 0 Å². The molecule has 2 aromatic carbocycles. The summed E-state index contributed by atoms with van der Waals surface area (Å²) in [7, 11) is 0. The van der Waals surface area contributed by atoms with Crippen molar-refractivity contribution in [2.24, 2.45) is 5.10 Å². The number of carbonyl (C=O) groups is 3. The molecule has 0 saturated carbocycles. The molecule has 0 aliphatic carbocycles. The summed E-state index contributed by atoms with van der Waals surface area (Å²) in [5.74, 6) is -1.68. The van der Waals surface area contributed by atoms with Gasteiger partial charge < -0.3 is 5.32 Å². The third-order valence-corrected chi connectivity index (χ3v) is 4.79. The van der Waals surface area contributed by atoms with Crippen molar-refractivity contribution < 1.29 is 14.4 Å². The van der Waals surface area contributed by atoms with E-state index in [2.05, 4.69) is 31.3 Å². The van der Waals surface area contributed by atoms with E-state index in [0.717, 1.165) is 10.6 Å². The maximum atomic E-state index is 13.3. The Bertz CT molecular complexity index is 1150. The van der Waals surface area contributed by atoms with Crippen molar-refractivity contribution in [1.29, 1.82) is 0 Å². The predicted molar refractivity (Wildman–Crippen MR) is 122 cm³/mol. The fourth-order valence-electron chi connectivity index (χ4n) is 2.74. The van der Waals surface area contributed by atoms with E-state index in [-0.39, 0.29) is 11.3 Å². The second kappa shape index (κ2) is 9.90. The molecule has 0 atom stereocenters. The van der Waals surface area contributed by atoms with E-state index < -0.39 is 17.7 Å². The maximum Gasteiger partial charge on any atom is 0.283 e. The Morgan fingerprint density at radius 3 is 2.42 bits per heavy atom. The molecule has 3 rings (SSSR count). The van der Waals surface area contributed by atoms with Gasteiger partial charge in [0, 0.05) is 28.6 Å². The number of nitrogens with one attached hydrogen (secondary N) is 1. The molecule has 0 saturated heterocycles. The first kappa shape index (κ1) is 22.0. The zero-order valence-corrected chi connectivity index (χ0v) is 18.5. The van der Waals surface area contributed by atoms with Crippen LogP contribution in [0.2, 0.25) is 0 Å². The van der Waals surface area contributed by atoms with Crippen LogP contribution in [0.1, 0.15) is 43.6 Å². The standard InChI is InChI=1S/C23H19BrN4O3/c1-3-26-28(22(30)16-8-6-15(2)7-9-16)23(31)19-13-18(24)10-11-20(19)27-21(29)17-5-4-12-25-14-17/h3-14H,1-2H3,(H,27,29). The number of hydrazone groups is 1. The first-order valence-corrected chi connectivity index (χ1v) is 10.1. The summed E-state index contributed by atoms with van der Waals surface area (Å²) in [5, 5.41) is 7.47. The maximum absolute atomic E-state index is 13.3. The molecule has 0 bridgehead atoms. The minimum absolute atomic E-state index is 0.109. The van der Waals surface area contributed by atoms with Gasteiger partial charge in [-0.25, -0.2) is 0 Å². The molecule has 31 heavy (non-hydrogen) atoms. The number of hydrogen-bond acceptors (Lipinski definition) is 5. The monoisotopic (exact) mass is 478 g/mol. The molecule has 3 aromatic rings. The van der Waals surface area contributed by atoms with Crippen LogP contribution in [0.4, 0.5) is 5.69 Å². The summed E-state index contributed by atoms with van der Waals surface area (Å²) < 4.78 is 0.610. The summed E-state index contributed by atoms with van der Waals surface area (Å²) in [6.07, 6.45) is 4.34. The van der Waals surface area contributed by atoms with Gasteiger partial charge in [-0.15, -0.1) is 0 Å². The van der Waals surface area contributed by atoms with Gasteiger partial charge in [-0.2, -0.15) is 10.1 Å². The Hall–Kier alpha value is -3.65. The van der Waals surface area contributed by atoms with Crippen LogP contribution in [0.15, 0.2) is 76.6 Å². The highest BCUT2D eigenvalue weighted by atomic mass is 79.9. The van der Waals surface area contributed by atoms with E-state index in [1.807, 2.05) is 6.92 Å².